The summed E-state index contributed by atoms with van der Waals surface area (Å²) in [6, 6.07) is 14.9. The Morgan fingerprint density at radius 1 is 1.11 bits per heavy atom. The number of carbonyl (C=O) groups is 1. The first-order valence-electron chi connectivity index (χ1n) is 8.75. The van der Waals surface area contributed by atoms with Crippen molar-refractivity contribution in [2.24, 2.45) is 0 Å². The van der Waals surface area contributed by atoms with Crippen LogP contribution in [0.3, 0.4) is 0 Å². The second kappa shape index (κ2) is 8.71. The largest absolute Gasteiger partial charge is 0.465 e. The van der Waals surface area contributed by atoms with Crippen LogP contribution in [0.2, 0.25) is 5.02 Å². The second-order valence-corrected chi connectivity index (χ2v) is 6.72. The molecule has 0 saturated heterocycles. The number of hydrogen-bond donors (Lipinski definition) is 2. The second-order valence-electron chi connectivity index (χ2n) is 6.31. The molecule has 0 radical (unpaired) electrons. The highest BCUT2D eigenvalue weighted by Gasteiger charge is 2.11. The highest BCUT2D eigenvalue weighted by Crippen LogP contribution is 2.26. The van der Waals surface area contributed by atoms with Crippen LogP contribution in [0.1, 0.15) is 27.2 Å². The molecular weight excluding hydrogens is 376 g/mol. The summed E-state index contributed by atoms with van der Waals surface area (Å²) >= 11 is 6.25. The predicted octanol–water partition coefficient (Wildman–Crippen LogP) is 4.89. The first-order valence-corrected chi connectivity index (χ1v) is 9.13. The van der Waals surface area contributed by atoms with Crippen LogP contribution < -0.4 is 10.6 Å². The number of methoxy groups -OCH3 is 1. The van der Waals surface area contributed by atoms with Crippen LogP contribution in [0.15, 0.2) is 48.5 Å². The van der Waals surface area contributed by atoms with E-state index in [4.69, 9.17) is 16.3 Å². The Labute approximate surface area is 168 Å². The van der Waals surface area contributed by atoms with Crippen LogP contribution >= 0.6 is 11.6 Å². The molecule has 3 aromatic rings. The molecule has 0 unspecified atom stereocenters. The lowest BCUT2D eigenvalue weighted by Gasteiger charge is -2.12. The van der Waals surface area contributed by atoms with E-state index in [1.165, 1.54) is 18.2 Å². The number of esters is 1. The summed E-state index contributed by atoms with van der Waals surface area (Å²) in [6.07, 6.45) is 0. The maximum atomic E-state index is 11.8. The Morgan fingerprint density at radius 3 is 2.64 bits per heavy atom. The van der Waals surface area contributed by atoms with Crippen molar-refractivity contribution in [3.8, 4) is 0 Å². The molecule has 7 heteroatoms. The maximum absolute atomic E-state index is 11.8. The van der Waals surface area contributed by atoms with Crippen LogP contribution in [-0.2, 0) is 11.3 Å². The molecule has 28 heavy (non-hydrogen) atoms. The Morgan fingerprint density at radius 2 is 1.89 bits per heavy atom. The third kappa shape index (κ3) is 4.78. The van der Waals surface area contributed by atoms with Gasteiger partial charge >= 0.3 is 5.97 Å². The quantitative estimate of drug-likeness (QED) is 0.578. The molecule has 0 fully saturated rings. The first-order chi connectivity index (χ1) is 13.5. The van der Waals surface area contributed by atoms with E-state index in [2.05, 4.69) is 39.7 Å². The van der Waals surface area contributed by atoms with Gasteiger partial charge in [0.05, 0.1) is 23.4 Å². The molecule has 0 saturated carbocycles. The molecule has 0 aliphatic rings. The molecule has 0 aliphatic heterocycles. The van der Waals surface area contributed by atoms with E-state index in [1.807, 2.05) is 25.1 Å². The normalized spacial score (nSPS) is 10.4. The molecule has 144 valence electrons. The number of rotatable bonds is 6. The van der Waals surface area contributed by atoms with Gasteiger partial charge in [-0.3, -0.25) is 0 Å². The molecule has 3 rings (SSSR count). The zero-order chi connectivity index (χ0) is 20.1. The number of carbonyl (C=O) groups excluding carboxylic acids is 1. The maximum Gasteiger partial charge on any atom is 0.337 e. The van der Waals surface area contributed by atoms with E-state index < -0.39 is 5.97 Å². The van der Waals surface area contributed by atoms with Gasteiger partial charge in [0.1, 0.15) is 5.82 Å². The number of aryl methyl sites for hydroxylation is 2. The van der Waals surface area contributed by atoms with Crippen molar-refractivity contribution in [3.63, 3.8) is 0 Å². The van der Waals surface area contributed by atoms with Crippen molar-refractivity contribution in [2.45, 2.75) is 20.4 Å². The van der Waals surface area contributed by atoms with E-state index >= 15 is 0 Å². The number of nitrogens with one attached hydrogen (secondary N) is 2. The fraction of sp³-hybridized carbons (Fsp3) is 0.190. The van der Waals surface area contributed by atoms with Gasteiger partial charge in [-0.05, 0) is 43.2 Å². The number of halogens is 1. The molecule has 2 aromatic carbocycles. The molecule has 1 heterocycles. The lowest BCUT2D eigenvalue weighted by molar-refractivity contribution is 0.0601. The molecule has 2 N–H and O–H groups in total. The highest BCUT2D eigenvalue weighted by molar-refractivity contribution is 6.33. The highest BCUT2D eigenvalue weighted by atomic mass is 35.5. The van der Waals surface area contributed by atoms with E-state index in [0.29, 0.717) is 34.6 Å². The number of aromatic nitrogens is 2. The lowest BCUT2D eigenvalue weighted by Crippen LogP contribution is -2.07. The van der Waals surface area contributed by atoms with Gasteiger partial charge < -0.3 is 15.4 Å². The standard InChI is InChI=1S/C21H21ClN4O2/c1-13-6-4-5-7-16(13)12-23-19-10-14(2)24-21(26-19)25-18-11-15(20(27)28-3)8-9-17(18)22/h4-11H,12H2,1-3H3,(H2,23,24,25,26). The molecule has 6 nitrogen and oxygen atoms in total. The van der Waals surface area contributed by atoms with E-state index in [-0.39, 0.29) is 0 Å². The molecular formula is C21H21ClN4O2. The topological polar surface area (TPSA) is 76.1 Å². The van der Waals surface area contributed by atoms with E-state index in [0.717, 1.165) is 5.69 Å². The zero-order valence-electron chi connectivity index (χ0n) is 15.9. The Hall–Kier alpha value is -3.12. The average molecular weight is 397 g/mol. The summed E-state index contributed by atoms with van der Waals surface area (Å²) in [7, 11) is 1.33. The number of ether oxygens (including phenoxy) is 1. The predicted molar refractivity (Wildman–Crippen MR) is 111 cm³/mol. The van der Waals surface area contributed by atoms with Gasteiger partial charge in [-0.2, -0.15) is 4.98 Å². The Balaban J connectivity index is 1.80. The van der Waals surface area contributed by atoms with Crippen LogP contribution in [0.4, 0.5) is 17.5 Å². The van der Waals surface area contributed by atoms with Crippen molar-refractivity contribution in [2.75, 3.05) is 17.7 Å². The van der Waals surface area contributed by atoms with Crippen molar-refractivity contribution in [1.82, 2.24) is 9.97 Å². The molecule has 0 amide bonds. The minimum Gasteiger partial charge on any atom is -0.465 e. The van der Waals surface area contributed by atoms with Gasteiger partial charge in [0.15, 0.2) is 0 Å². The van der Waals surface area contributed by atoms with Gasteiger partial charge in [0.25, 0.3) is 0 Å². The fourth-order valence-corrected chi connectivity index (χ4v) is 2.86. The summed E-state index contributed by atoms with van der Waals surface area (Å²) in [5.74, 6) is 0.639. The van der Waals surface area contributed by atoms with Gasteiger partial charge in [0.2, 0.25) is 5.95 Å². The minimum absolute atomic E-state index is 0.385. The van der Waals surface area contributed by atoms with E-state index in [1.54, 1.807) is 18.2 Å². The van der Waals surface area contributed by atoms with Crippen molar-refractivity contribution in [1.29, 1.82) is 0 Å². The average Bonchev–Trinajstić information content (AvgIpc) is 2.68. The number of nitrogens with zero attached hydrogens (tertiary/aromatic N) is 2. The van der Waals surface area contributed by atoms with Crippen LogP contribution in [0, 0.1) is 13.8 Å². The number of benzene rings is 2. The number of anilines is 3. The first kappa shape index (κ1) is 19.6. The van der Waals surface area contributed by atoms with E-state index in [9.17, 15) is 4.79 Å². The smallest absolute Gasteiger partial charge is 0.337 e. The Kier molecular flexibility index (Phi) is 6.11. The van der Waals surface area contributed by atoms with Gasteiger partial charge in [-0.15, -0.1) is 0 Å². The Bertz CT molecular complexity index is 1010. The zero-order valence-corrected chi connectivity index (χ0v) is 16.7. The molecule has 1 aromatic heterocycles. The van der Waals surface area contributed by atoms with Gasteiger partial charge in [-0.1, -0.05) is 35.9 Å². The minimum atomic E-state index is -0.439. The lowest BCUT2D eigenvalue weighted by atomic mass is 10.1. The summed E-state index contributed by atoms with van der Waals surface area (Å²) in [5.41, 5.74) is 4.12. The van der Waals surface area contributed by atoms with Crippen molar-refractivity contribution < 1.29 is 9.53 Å². The number of hydrogen-bond acceptors (Lipinski definition) is 6. The third-order valence-electron chi connectivity index (χ3n) is 4.21. The third-order valence-corrected chi connectivity index (χ3v) is 4.54. The molecule has 0 bridgehead atoms. The monoisotopic (exact) mass is 396 g/mol. The molecule has 0 aliphatic carbocycles. The van der Waals surface area contributed by atoms with Crippen molar-refractivity contribution >= 4 is 35.0 Å². The van der Waals surface area contributed by atoms with Crippen molar-refractivity contribution in [3.05, 3.63) is 75.9 Å². The summed E-state index contributed by atoms with van der Waals surface area (Å²) in [5, 5.41) is 6.86. The SMILES string of the molecule is COC(=O)c1ccc(Cl)c(Nc2nc(C)cc(NCc3ccccc3C)n2)c1. The summed E-state index contributed by atoms with van der Waals surface area (Å²) < 4.78 is 4.75. The van der Waals surface area contributed by atoms with Gasteiger partial charge in [-0.25, -0.2) is 9.78 Å². The van der Waals surface area contributed by atoms with Crippen LogP contribution in [0.5, 0.6) is 0 Å². The summed E-state index contributed by atoms with van der Waals surface area (Å²) in [6.45, 7) is 4.62. The molecule has 0 spiro atoms. The van der Waals surface area contributed by atoms with Gasteiger partial charge in [0, 0.05) is 18.3 Å². The molecule has 0 atom stereocenters. The van der Waals surface area contributed by atoms with Crippen LogP contribution in [-0.4, -0.2) is 23.0 Å². The summed E-state index contributed by atoms with van der Waals surface area (Å²) in [4.78, 5) is 20.7. The van der Waals surface area contributed by atoms with Crippen LogP contribution in [0.25, 0.3) is 0 Å². The fourth-order valence-electron chi connectivity index (χ4n) is 2.70.